The molecule has 0 amide bonds. The highest BCUT2D eigenvalue weighted by atomic mass is 31.0. The third-order valence-electron chi connectivity index (χ3n) is 3.58. The van der Waals surface area contributed by atoms with E-state index in [0.717, 1.165) is 18.2 Å². The van der Waals surface area contributed by atoms with Crippen LogP contribution in [0.25, 0.3) is 0 Å². The van der Waals surface area contributed by atoms with Gasteiger partial charge in [0.05, 0.1) is 5.60 Å². The predicted molar refractivity (Wildman–Crippen MR) is 93.1 cm³/mol. The first-order valence-corrected chi connectivity index (χ1v) is 9.19. The molecule has 0 bridgehead atoms. The standard InChI is InChI=1S/C10H19OP.C3H8.2C2H6/c1-8-3-5-10(7-9(8)12)4-2-6-11-10;1-3-2;2*1-2/h8-9H,2-7,12H2,1H3;3H2,1-2H3;2*1-2H3. The van der Waals surface area contributed by atoms with Crippen LogP contribution < -0.4 is 0 Å². The Hall–Kier alpha value is 0.390. The summed E-state index contributed by atoms with van der Waals surface area (Å²) in [6.45, 7) is 15.6. The monoisotopic (exact) mass is 290 g/mol. The van der Waals surface area contributed by atoms with Gasteiger partial charge in [-0.1, -0.05) is 54.9 Å². The van der Waals surface area contributed by atoms with Crippen LogP contribution in [0.2, 0.25) is 0 Å². The van der Waals surface area contributed by atoms with Gasteiger partial charge in [-0.05, 0) is 43.7 Å². The summed E-state index contributed by atoms with van der Waals surface area (Å²) in [5.74, 6) is 0.879. The molecule has 1 saturated heterocycles. The van der Waals surface area contributed by atoms with E-state index in [9.17, 15) is 0 Å². The van der Waals surface area contributed by atoms with Crippen molar-refractivity contribution >= 4 is 9.24 Å². The molecule has 1 spiro atoms. The average Bonchev–Trinajstić information content (AvgIpc) is 2.89. The van der Waals surface area contributed by atoms with Crippen LogP contribution in [0.3, 0.4) is 0 Å². The number of hydrogen-bond donors (Lipinski definition) is 0. The molecule has 118 valence electrons. The molecule has 1 nitrogen and oxygen atoms in total. The third-order valence-corrected chi connectivity index (χ3v) is 4.47. The minimum Gasteiger partial charge on any atom is -0.375 e. The Morgan fingerprint density at radius 1 is 1.11 bits per heavy atom. The second kappa shape index (κ2) is 13.4. The number of rotatable bonds is 0. The number of hydrogen-bond acceptors (Lipinski definition) is 1. The van der Waals surface area contributed by atoms with Crippen molar-refractivity contribution in [3.8, 4) is 0 Å². The quantitative estimate of drug-likeness (QED) is 0.492. The summed E-state index contributed by atoms with van der Waals surface area (Å²) in [6.07, 6.45) is 7.78. The summed E-state index contributed by atoms with van der Waals surface area (Å²) in [7, 11) is 2.99. The van der Waals surface area contributed by atoms with Gasteiger partial charge in [0.1, 0.15) is 0 Å². The number of ether oxygens (including phenoxy) is 1. The first-order chi connectivity index (χ1) is 9.13. The lowest BCUT2D eigenvalue weighted by Crippen LogP contribution is -2.38. The Morgan fingerprint density at radius 3 is 2.00 bits per heavy atom. The predicted octanol–water partition coefficient (Wildman–Crippen LogP) is 6.07. The topological polar surface area (TPSA) is 9.23 Å². The lowest BCUT2D eigenvalue weighted by atomic mass is 9.78. The SMILES string of the molecule is CC.CC.CC1CCC2(CCCO2)CC1P.CCC. The van der Waals surface area contributed by atoms with Crippen LogP contribution >= 0.6 is 9.24 Å². The molecule has 0 aromatic carbocycles. The molecule has 2 rings (SSSR count). The second-order valence-corrected chi connectivity index (χ2v) is 6.08. The van der Waals surface area contributed by atoms with Gasteiger partial charge in [-0.3, -0.25) is 0 Å². The molecule has 1 aliphatic heterocycles. The molecule has 2 heteroatoms. The van der Waals surface area contributed by atoms with Gasteiger partial charge in [-0.15, -0.1) is 9.24 Å². The minimum atomic E-state index is 0.304. The molecule has 1 aliphatic carbocycles. The van der Waals surface area contributed by atoms with E-state index >= 15 is 0 Å². The van der Waals surface area contributed by atoms with Crippen LogP contribution in [0.4, 0.5) is 0 Å². The van der Waals surface area contributed by atoms with E-state index in [1.807, 2.05) is 27.7 Å². The molecule has 19 heavy (non-hydrogen) atoms. The first-order valence-electron chi connectivity index (χ1n) is 8.53. The molecule has 1 saturated carbocycles. The maximum Gasteiger partial charge on any atom is 0.0689 e. The summed E-state index contributed by atoms with van der Waals surface area (Å²) < 4.78 is 5.89. The zero-order valence-corrected chi connectivity index (χ0v) is 15.7. The molecule has 0 N–H and O–H groups in total. The van der Waals surface area contributed by atoms with Crippen molar-refractivity contribution in [3.63, 3.8) is 0 Å². The van der Waals surface area contributed by atoms with E-state index in [0.29, 0.717) is 5.60 Å². The van der Waals surface area contributed by atoms with Gasteiger partial charge in [-0.25, -0.2) is 0 Å². The molecule has 4 unspecified atom stereocenters. The largest absolute Gasteiger partial charge is 0.375 e. The van der Waals surface area contributed by atoms with Crippen LogP contribution in [0, 0.1) is 5.92 Å². The second-order valence-electron chi connectivity index (χ2n) is 5.23. The zero-order valence-electron chi connectivity index (χ0n) is 14.6. The van der Waals surface area contributed by atoms with E-state index in [1.165, 1.54) is 38.5 Å². The van der Waals surface area contributed by atoms with Crippen molar-refractivity contribution in [1.82, 2.24) is 0 Å². The Balaban J connectivity index is 0. The Kier molecular flexibility index (Phi) is 15.3. The first kappa shape index (κ1) is 21.7. The fraction of sp³-hybridized carbons (Fsp3) is 1.00. The van der Waals surface area contributed by atoms with E-state index < -0.39 is 0 Å². The highest BCUT2D eigenvalue weighted by Gasteiger charge is 2.40. The fourth-order valence-electron chi connectivity index (χ4n) is 2.55. The lowest BCUT2D eigenvalue weighted by Gasteiger charge is -2.39. The normalized spacial score (nSPS) is 32.2. The van der Waals surface area contributed by atoms with Crippen molar-refractivity contribution in [3.05, 3.63) is 0 Å². The van der Waals surface area contributed by atoms with E-state index in [-0.39, 0.29) is 0 Å². The summed E-state index contributed by atoms with van der Waals surface area (Å²) in [4.78, 5) is 0. The van der Waals surface area contributed by atoms with Crippen molar-refractivity contribution in [2.75, 3.05) is 6.61 Å². The van der Waals surface area contributed by atoms with E-state index in [1.54, 1.807) is 0 Å². The average molecular weight is 290 g/mol. The lowest BCUT2D eigenvalue weighted by molar-refractivity contribution is -0.0307. The Morgan fingerprint density at radius 2 is 1.63 bits per heavy atom. The Bertz CT molecular complexity index is 176. The molecule has 0 aromatic rings. The molecule has 2 aliphatic rings. The maximum atomic E-state index is 5.89. The van der Waals surface area contributed by atoms with Crippen LogP contribution in [0.5, 0.6) is 0 Å². The van der Waals surface area contributed by atoms with Gasteiger partial charge in [0.25, 0.3) is 0 Å². The van der Waals surface area contributed by atoms with Crippen molar-refractivity contribution < 1.29 is 4.74 Å². The summed E-state index contributed by atoms with van der Waals surface area (Å²) >= 11 is 0. The molecular formula is C17H39OP. The van der Waals surface area contributed by atoms with Crippen molar-refractivity contribution in [1.29, 1.82) is 0 Å². The molecule has 4 atom stereocenters. The van der Waals surface area contributed by atoms with Gasteiger partial charge in [0, 0.05) is 6.61 Å². The maximum absolute atomic E-state index is 5.89. The fourth-order valence-corrected chi connectivity index (χ4v) is 3.17. The third kappa shape index (κ3) is 8.30. The van der Waals surface area contributed by atoms with E-state index in [4.69, 9.17) is 4.74 Å². The van der Waals surface area contributed by atoms with Gasteiger partial charge < -0.3 is 4.74 Å². The van der Waals surface area contributed by atoms with Crippen molar-refractivity contribution in [2.24, 2.45) is 5.92 Å². The van der Waals surface area contributed by atoms with Gasteiger partial charge in [0.15, 0.2) is 0 Å². The highest BCUT2D eigenvalue weighted by Crippen LogP contribution is 2.43. The van der Waals surface area contributed by atoms with Gasteiger partial charge in [0.2, 0.25) is 0 Å². The zero-order chi connectivity index (χ0) is 15.3. The molecule has 2 fully saturated rings. The van der Waals surface area contributed by atoms with E-state index in [2.05, 4.69) is 30.0 Å². The molecule has 1 heterocycles. The van der Waals surface area contributed by atoms with Gasteiger partial charge in [-0.2, -0.15) is 0 Å². The van der Waals surface area contributed by atoms with Crippen molar-refractivity contribution in [2.45, 2.75) is 98.3 Å². The van der Waals surface area contributed by atoms with Crippen LogP contribution in [-0.2, 0) is 4.74 Å². The summed E-state index contributed by atoms with van der Waals surface area (Å²) in [5.41, 5.74) is 1.09. The van der Waals surface area contributed by atoms with Gasteiger partial charge >= 0.3 is 0 Å². The highest BCUT2D eigenvalue weighted by molar-refractivity contribution is 7.17. The molecule has 0 radical (unpaired) electrons. The van der Waals surface area contributed by atoms with Crippen LogP contribution in [0.1, 0.15) is 87.0 Å². The summed E-state index contributed by atoms with van der Waals surface area (Å²) in [5, 5.41) is 0. The van der Waals surface area contributed by atoms with Crippen LogP contribution in [0.15, 0.2) is 0 Å². The van der Waals surface area contributed by atoms with Crippen LogP contribution in [-0.4, -0.2) is 17.9 Å². The molecular weight excluding hydrogens is 251 g/mol. The molecule has 0 aromatic heterocycles. The minimum absolute atomic E-state index is 0.304. The summed E-state index contributed by atoms with van der Waals surface area (Å²) in [6, 6.07) is 0. The smallest absolute Gasteiger partial charge is 0.0689 e. The Labute approximate surface area is 125 Å².